The molecule has 4 heteroatoms. The van der Waals surface area contributed by atoms with Gasteiger partial charge in [0.25, 0.3) is 0 Å². The molecule has 0 unspecified atom stereocenters. The fourth-order valence-electron chi connectivity index (χ4n) is 1.66. The molecule has 3 nitrogen and oxygen atoms in total. The van der Waals surface area contributed by atoms with Gasteiger partial charge in [0.15, 0.2) is 0 Å². The Kier molecular flexibility index (Phi) is 2.40. The van der Waals surface area contributed by atoms with Crippen LogP contribution in [0.15, 0.2) is 24.3 Å². The number of nitrogens with one attached hydrogen (secondary N) is 2. The Morgan fingerprint density at radius 3 is 3.00 bits per heavy atom. The molecule has 0 aliphatic carbocycles. The van der Waals surface area contributed by atoms with Gasteiger partial charge >= 0.3 is 0 Å². The number of aromatic nitrogens is 1. The summed E-state index contributed by atoms with van der Waals surface area (Å²) in [5, 5.41) is 7.91. The first-order valence-electron chi connectivity index (χ1n) is 5.20. The van der Waals surface area contributed by atoms with Crippen molar-refractivity contribution in [2.45, 2.75) is 12.6 Å². The van der Waals surface area contributed by atoms with E-state index in [-0.39, 0.29) is 0 Å². The van der Waals surface area contributed by atoms with Crippen molar-refractivity contribution in [1.82, 2.24) is 15.6 Å². The number of para-hydroxylation sites is 1. The summed E-state index contributed by atoms with van der Waals surface area (Å²) in [6.45, 7) is 3.07. The Morgan fingerprint density at radius 2 is 2.27 bits per heavy atom. The van der Waals surface area contributed by atoms with Crippen molar-refractivity contribution >= 4 is 21.6 Å². The number of hydrogen-bond acceptors (Lipinski definition) is 4. The number of hydrogen-bond donors (Lipinski definition) is 2. The molecule has 2 aromatic rings. The summed E-state index contributed by atoms with van der Waals surface area (Å²) in [7, 11) is 0. The van der Waals surface area contributed by atoms with Crippen LogP contribution < -0.4 is 10.6 Å². The molecule has 1 fully saturated rings. The van der Waals surface area contributed by atoms with Crippen LogP contribution in [0, 0.1) is 0 Å². The minimum absolute atomic E-state index is 0.636. The summed E-state index contributed by atoms with van der Waals surface area (Å²) in [4.78, 5) is 4.58. The van der Waals surface area contributed by atoms with Crippen molar-refractivity contribution in [3.05, 3.63) is 29.3 Å². The fraction of sp³-hybridized carbons (Fsp3) is 0.364. The second-order valence-electron chi connectivity index (χ2n) is 3.81. The minimum atomic E-state index is 0.636. The molecule has 0 spiro atoms. The summed E-state index contributed by atoms with van der Waals surface area (Å²) >= 11 is 1.78. The van der Waals surface area contributed by atoms with Crippen LogP contribution in [0.3, 0.4) is 0 Å². The minimum Gasteiger partial charge on any atom is -0.314 e. The monoisotopic (exact) mass is 219 g/mol. The summed E-state index contributed by atoms with van der Waals surface area (Å²) in [6.07, 6.45) is 0. The van der Waals surface area contributed by atoms with Crippen LogP contribution >= 0.6 is 11.3 Å². The quantitative estimate of drug-likeness (QED) is 0.818. The van der Waals surface area contributed by atoms with E-state index in [1.807, 2.05) is 6.07 Å². The zero-order valence-corrected chi connectivity index (χ0v) is 9.18. The van der Waals surface area contributed by atoms with E-state index in [4.69, 9.17) is 0 Å². The molecule has 0 amide bonds. The number of rotatable bonds is 3. The largest absolute Gasteiger partial charge is 0.314 e. The van der Waals surface area contributed by atoms with E-state index in [1.165, 1.54) is 9.71 Å². The number of fused-ring (bicyclic) bond motifs is 1. The lowest BCUT2D eigenvalue weighted by Crippen LogP contribution is -2.54. The highest BCUT2D eigenvalue weighted by molar-refractivity contribution is 7.18. The lowest BCUT2D eigenvalue weighted by atomic mass is 10.2. The third-order valence-electron chi connectivity index (χ3n) is 2.66. The van der Waals surface area contributed by atoms with Crippen LogP contribution in [-0.2, 0) is 6.54 Å². The van der Waals surface area contributed by atoms with Gasteiger partial charge < -0.3 is 10.6 Å². The van der Waals surface area contributed by atoms with Crippen LogP contribution in [0.5, 0.6) is 0 Å². The van der Waals surface area contributed by atoms with Crippen molar-refractivity contribution in [1.29, 1.82) is 0 Å². The predicted octanol–water partition coefficient (Wildman–Crippen LogP) is 1.36. The van der Waals surface area contributed by atoms with Gasteiger partial charge in [-0.2, -0.15) is 0 Å². The van der Waals surface area contributed by atoms with Crippen LogP contribution in [0.25, 0.3) is 10.2 Å². The van der Waals surface area contributed by atoms with Gasteiger partial charge in [-0.1, -0.05) is 12.1 Å². The lowest BCUT2D eigenvalue weighted by molar-refractivity contribution is 0.365. The van der Waals surface area contributed by atoms with E-state index in [9.17, 15) is 0 Å². The average molecular weight is 219 g/mol. The Bertz CT molecular complexity index is 429. The standard InChI is InChI=1S/C11H13N3S/c1-2-4-10-9(3-1)14-11(15-10)7-13-8-5-12-6-8/h1-4,8,12-13H,5-7H2. The van der Waals surface area contributed by atoms with E-state index >= 15 is 0 Å². The molecule has 0 bridgehead atoms. The molecule has 1 aliphatic rings. The molecule has 1 aromatic heterocycles. The van der Waals surface area contributed by atoms with Crippen LogP contribution in [0.4, 0.5) is 0 Å². The first-order chi connectivity index (χ1) is 7.42. The topological polar surface area (TPSA) is 37.0 Å². The fourth-order valence-corrected chi connectivity index (χ4v) is 2.58. The van der Waals surface area contributed by atoms with E-state index in [1.54, 1.807) is 11.3 Å². The highest BCUT2D eigenvalue weighted by Gasteiger charge is 2.15. The molecule has 78 valence electrons. The molecule has 1 saturated heterocycles. The van der Waals surface area contributed by atoms with Gasteiger partial charge in [0.05, 0.1) is 10.2 Å². The van der Waals surface area contributed by atoms with Crippen LogP contribution in [0.1, 0.15) is 5.01 Å². The van der Waals surface area contributed by atoms with Crippen molar-refractivity contribution in [2.24, 2.45) is 0 Å². The maximum Gasteiger partial charge on any atom is 0.108 e. The summed E-state index contributed by atoms with van der Waals surface area (Å²) in [5.41, 5.74) is 1.12. The zero-order valence-electron chi connectivity index (χ0n) is 8.36. The molecule has 2 N–H and O–H groups in total. The molecular weight excluding hydrogens is 206 g/mol. The Balaban J connectivity index is 1.73. The highest BCUT2D eigenvalue weighted by atomic mass is 32.1. The van der Waals surface area contributed by atoms with Crippen LogP contribution in [-0.4, -0.2) is 24.1 Å². The molecule has 1 aliphatic heterocycles. The summed E-state index contributed by atoms with van der Waals surface area (Å²) in [6, 6.07) is 8.93. The van der Waals surface area contributed by atoms with Crippen LogP contribution in [0.2, 0.25) is 0 Å². The first kappa shape index (κ1) is 9.27. The normalized spacial score (nSPS) is 16.8. The summed E-state index contributed by atoms with van der Waals surface area (Å²) in [5.74, 6) is 0. The Hall–Kier alpha value is -0.970. The molecular formula is C11H13N3S. The Morgan fingerprint density at radius 1 is 1.40 bits per heavy atom. The van der Waals surface area contributed by atoms with Gasteiger partial charge in [-0.05, 0) is 12.1 Å². The average Bonchev–Trinajstić information content (AvgIpc) is 2.57. The molecule has 1 aromatic carbocycles. The predicted molar refractivity (Wildman–Crippen MR) is 63.1 cm³/mol. The van der Waals surface area contributed by atoms with Gasteiger partial charge in [-0.15, -0.1) is 11.3 Å². The van der Waals surface area contributed by atoms with Gasteiger partial charge in [-0.25, -0.2) is 4.98 Å². The van der Waals surface area contributed by atoms with E-state index < -0.39 is 0 Å². The maximum absolute atomic E-state index is 4.58. The third kappa shape index (κ3) is 1.88. The van der Waals surface area contributed by atoms with Gasteiger partial charge in [0, 0.05) is 25.7 Å². The van der Waals surface area contributed by atoms with Gasteiger partial charge in [-0.3, -0.25) is 0 Å². The third-order valence-corrected chi connectivity index (χ3v) is 3.70. The van der Waals surface area contributed by atoms with Crippen molar-refractivity contribution < 1.29 is 0 Å². The lowest BCUT2D eigenvalue weighted by Gasteiger charge is -2.27. The molecule has 0 atom stereocenters. The van der Waals surface area contributed by atoms with E-state index in [2.05, 4.69) is 33.8 Å². The molecule has 3 rings (SSSR count). The maximum atomic E-state index is 4.58. The number of nitrogens with zero attached hydrogens (tertiary/aromatic N) is 1. The van der Waals surface area contributed by atoms with Crippen molar-refractivity contribution in [2.75, 3.05) is 13.1 Å². The smallest absolute Gasteiger partial charge is 0.108 e. The number of thiazole rings is 1. The second-order valence-corrected chi connectivity index (χ2v) is 4.93. The van der Waals surface area contributed by atoms with Gasteiger partial charge in [0.2, 0.25) is 0 Å². The Labute approximate surface area is 92.5 Å². The highest BCUT2D eigenvalue weighted by Crippen LogP contribution is 2.21. The van der Waals surface area contributed by atoms with E-state index in [0.29, 0.717) is 6.04 Å². The SMILES string of the molecule is c1ccc2sc(CNC3CNC3)nc2c1. The molecule has 2 heterocycles. The number of benzene rings is 1. The first-order valence-corrected chi connectivity index (χ1v) is 6.02. The zero-order chi connectivity index (χ0) is 10.1. The van der Waals surface area contributed by atoms with Crippen molar-refractivity contribution in [3.8, 4) is 0 Å². The van der Waals surface area contributed by atoms with Crippen molar-refractivity contribution in [3.63, 3.8) is 0 Å². The second kappa shape index (κ2) is 3.89. The molecule has 15 heavy (non-hydrogen) atoms. The molecule has 0 saturated carbocycles. The summed E-state index contributed by atoms with van der Waals surface area (Å²) < 4.78 is 1.28. The van der Waals surface area contributed by atoms with Gasteiger partial charge in [0.1, 0.15) is 5.01 Å². The van der Waals surface area contributed by atoms with E-state index in [0.717, 1.165) is 25.2 Å². The molecule has 0 radical (unpaired) electrons.